The first-order valence-electron chi connectivity index (χ1n) is 8.35. The number of carbonyl (C=O) groups is 2. The Bertz CT molecular complexity index is 739. The van der Waals surface area contributed by atoms with Crippen molar-refractivity contribution in [2.75, 3.05) is 13.6 Å². The Kier molecular flexibility index (Phi) is 6.18. The molecule has 1 saturated carbocycles. The van der Waals surface area contributed by atoms with E-state index in [0.29, 0.717) is 37.8 Å². The molecule has 25 heavy (non-hydrogen) atoms. The summed E-state index contributed by atoms with van der Waals surface area (Å²) in [5.41, 5.74) is 0.321. The van der Waals surface area contributed by atoms with Crippen LogP contribution in [0.3, 0.4) is 0 Å². The van der Waals surface area contributed by atoms with Crippen molar-refractivity contribution in [3.8, 4) is 0 Å². The highest BCUT2D eigenvalue weighted by molar-refractivity contribution is 7.89. The molecule has 2 rings (SSSR count). The third-order valence-electron chi connectivity index (χ3n) is 4.61. The van der Waals surface area contributed by atoms with Crippen molar-refractivity contribution < 1.29 is 23.1 Å². The van der Waals surface area contributed by atoms with Crippen molar-refractivity contribution in [3.05, 3.63) is 29.8 Å². The summed E-state index contributed by atoms with van der Waals surface area (Å²) in [6.07, 6.45) is 1.91. The van der Waals surface area contributed by atoms with Crippen LogP contribution in [0.1, 0.15) is 43.0 Å². The number of rotatable bonds is 6. The average molecular weight is 368 g/mol. The van der Waals surface area contributed by atoms with Gasteiger partial charge >= 0.3 is 5.97 Å². The molecule has 0 aliphatic heterocycles. The molecule has 0 atom stereocenters. The molecule has 138 valence electrons. The fourth-order valence-corrected chi connectivity index (χ4v) is 4.26. The molecule has 7 nitrogen and oxygen atoms in total. The third-order valence-corrected chi connectivity index (χ3v) is 6.13. The fraction of sp³-hybridized carbons (Fsp3) is 0.529. The van der Waals surface area contributed by atoms with Crippen LogP contribution in [0.5, 0.6) is 0 Å². The minimum atomic E-state index is -3.75. The average Bonchev–Trinajstić information content (AvgIpc) is 2.60. The largest absolute Gasteiger partial charge is 0.481 e. The summed E-state index contributed by atoms with van der Waals surface area (Å²) in [6, 6.07) is 5.68. The quantitative estimate of drug-likeness (QED) is 0.795. The first-order chi connectivity index (χ1) is 11.7. The van der Waals surface area contributed by atoms with Crippen molar-refractivity contribution in [2.24, 2.45) is 5.92 Å². The van der Waals surface area contributed by atoms with Crippen molar-refractivity contribution >= 4 is 21.9 Å². The second-order valence-corrected chi connectivity index (χ2v) is 8.07. The summed E-state index contributed by atoms with van der Waals surface area (Å²) in [5, 5.41) is 9.01. The predicted octanol–water partition coefficient (Wildman–Crippen LogP) is 1.70. The molecule has 0 spiro atoms. The molecule has 1 fully saturated rings. The van der Waals surface area contributed by atoms with Crippen molar-refractivity contribution in [1.82, 2.24) is 9.62 Å². The van der Waals surface area contributed by atoms with Gasteiger partial charge < -0.3 is 10.0 Å². The first-order valence-corrected chi connectivity index (χ1v) is 9.83. The summed E-state index contributed by atoms with van der Waals surface area (Å²) in [7, 11) is -2.10. The Morgan fingerprint density at radius 1 is 1.24 bits per heavy atom. The van der Waals surface area contributed by atoms with Crippen LogP contribution in [0.15, 0.2) is 29.2 Å². The zero-order valence-electron chi connectivity index (χ0n) is 14.4. The van der Waals surface area contributed by atoms with Crippen LogP contribution in [0.25, 0.3) is 0 Å². The van der Waals surface area contributed by atoms with Crippen molar-refractivity contribution in [3.63, 3.8) is 0 Å². The molecule has 2 N–H and O–H groups in total. The highest BCUT2D eigenvalue weighted by Gasteiger charge is 2.29. The molecule has 0 heterocycles. The van der Waals surface area contributed by atoms with Gasteiger partial charge in [-0.25, -0.2) is 13.1 Å². The first kappa shape index (κ1) is 19.4. The lowest BCUT2D eigenvalue weighted by Crippen LogP contribution is -2.38. The Morgan fingerprint density at radius 2 is 1.88 bits per heavy atom. The number of sulfonamides is 1. The minimum Gasteiger partial charge on any atom is -0.481 e. The van der Waals surface area contributed by atoms with Gasteiger partial charge in [0.15, 0.2) is 0 Å². The number of hydrogen-bond acceptors (Lipinski definition) is 4. The van der Waals surface area contributed by atoms with E-state index in [1.807, 2.05) is 6.92 Å². The van der Waals surface area contributed by atoms with Gasteiger partial charge in [0.05, 0.1) is 10.8 Å². The van der Waals surface area contributed by atoms with Crippen LogP contribution in [0.2, 0.25) is 0 Å². The van der Waals surface area contributed by atoms with Crippen LogP contribution in [0, 0.1) is 5.92 Å². The molecule has 1 aromatic rings. The number of benzene rings is 1. The maximum atomic E-state index is 12.6. The summed E-state index contributed by atoms with van der Waals surface area (Å²) >= 11 is 0. The molecule has 1 aliphatic rings. The van der Waals surface area contributed by atoms with Crippen LogP contribution < -0.4 is 4.72 Å². The predicted molar refractivity (Wildman–Crippen MR) is 92.8 cm³/mol. The topological polar surface area (TPSA) is 104 Å². The van der Waals surface area contributed by atoms with Gasteiger partial charge in [0, 0.05) is 25.2 Å². The van der Waals surface area contributed by atoms with Crippen LogP contribution >= 0.6 is 0 Å². The van der Waals surface area contributed by atoms with E-state index in [-0.39, 0.29) is 16.8 Å². The van der Waals surface area contributed by atoms with E-state index in [1.165, 1.54) is 17.0 Å². The number of nitrogens with zero attached hydrogens (tertiary/aromatic N) is 1. The van der Waals surface area contributed by atoms with Crippen LogP contribution in [-0.2, 0) is 14.8 Å². The second-order valence-electron chi connectivity index (χ2n) is 6.36. The summed E-state index contributed by atoms with van der Waals surface area (Å²) in [5.74, 6) is -1.46. The molecule has 1 amide bonds. The maximum Gasteiger partial charge on any atom is 0.306 e. The molecule has 0 radical (unpaired) electrons. The number of carboxylic acids is 1. The van der Waals surface area contributed by atoms with Crippen molar-refractivity contribution in [1.29, 1.82) is 0 Å². The van der Waals surface area contributed by atoms with E-state index in [9.17, 15) is 18.0 Å². The zero-order valence-corrected chi connectivity index (χ0v) is 15.3. The molecule has 0 bridgehead atoms. The van der Waals surface area contributed by atoms with Crippen LogP contribution in [-0.4, -0.2) is 49.9 Å². The highest BCUT2D eigenvalue weighted by atomic mass is 32.2. The number of nitrogens with one attached hydrogen (secondary N) is 1. The van der Waals surface area contributed by atoms with E-state index in [0.717, 1.165) is 0 Å². The lowest BCUT2D eigenvalue weighted by Gasteiger charge is -2.26. The standard InChI is InChI=1S/C17H24N2O5S/c1-3-19(2)16(20)13-5-4-6-15(11-13)25(23,24)18-14-9-7-12(8-10-14)17(21)22/h4-6,11-12,14,18H,3,7-10H2,1-2H3,(H,21,22). The SMILES string of the molecule is CCN(C)C(=O)c1cccc(S(=O)(=O)NC2CCC(C(=O)O)CC2)c1. The van der Waals surface area contributed by atoms with Gasteiger partial charge in [-0.15, -0.1) is 0 Å². The van der Waals surface area contributed by atoms with Gasteiger partial charge in [-0.05, 0) is 50.8 Å². The molecule has 0 saturated heterocycles. The molecular formula is C17H24N2O5S. The Hall–Kier alpha value is -1.93. The molecule has 0 aromatic heterocycles. The number of aliphatic carboxylic acids is 1. The van der Waals surface area contributed by atoms with Gasteiger partial charge in [0.25, 0.3) is 5.91 Å². The van der Waals surface area contributed by atoms with E-state index in [2.05, 4.69) is 4.72 Å². The molecule has 0 unspecified atom stereocenters. The monoisotopic (exact) mass is 368 g/mol. The lowest BCUT2D eigenvalue weighted by atomic mass is 9.87. The number of hydrogen-bond donors (Lipinski definition) is 2. The van der Waals surface area contributed by atoms with Crippen molar-refractivity contribution in [2.45, 2.75) is 43.5 Å². The molecular weight excluding hydrogens is 344 g/mol. The Labute approximate surface area is 148 Å². The summed E-state index contributed by atoms with van der Waals surface area (Å²) < 4.78 is 27.8. The third kappa shape index (κ3) is 4.79. The number of carboxylic acid groups (broad SMARTS) is 1. The highest BCUT2D eigenvalue weighted by Crippen LogP contribution is 2.25. The zero-order chi connectivity index (χ0) is 18.6. The van der Waals surface area contributed by atoms with Gasteiger partial charge in [0.2, 0.25) is 10.0 Å². The normalized spacial score (nSPS) is 20.9. The molecule has 1 aromatic carbocycles. The van der Waals surface area contributed by atoms with Gasteiger partial charge in [0.1, 0.15) is 0 Å². The van der Waals surface area contributed by atoms with E-state index in [4.69, 9.17) is 5.11 Å². The molecule has 8 heteroatoms. The minimum absolute atomic E-state index is 0.0446. The smallest absolute Gasteiger partial charge is 0.306 e. The van der Waals surface area contributed by atoms with E-state index >= 15 is 0 Å². The van der Waals surface area contributed by atoms with Gasteiger partial charge in [-0.1, -0.05) is 6.07 Å². The van der Waals surface area contributed by atoms with Crippen LogP contribution in [0.4, 0.5) is 0 Å². The summed E-state index contributed by atoms with van der Waals surface area (Å²) in [6.45, 7) is 2.37. The number of amides is 1. The van der Waals surface area contributed by atoms with E-state index in [1.54, 1.807) is 19.2 Å². The molecule has 1 aliphatic carbocycles. The van der Waals surface area contributed by atoms with Gasteiger partial charge in [-0.2, -0.15) is 0 Å². The second kappa shape index (κ2) is 7.97. The van der Waals surface area contributed by atoms with Gasteiger partial charge in [-0.3, -0.25) is 9.59 Å². The lowest BCUT2D eigenvalue weighted by molar-refractivity contribution is -0.142. The fourth-order valence-electron chi connectivity index (χ4n) is 2.91. The van der Waals surface area contributed by atoms with E-state index < -0.39 is 21.9 Å². The number of carbonyl (C=O) groups excluding carboxylic acids is 1. The Morgan fingerprint density at radius 3 is 2.44 bits per heavy atom. The Balaban J connectivity index is 2.10. The summed E-state index contributed by atoms with van der Waals surface area (Å²) in [4.78, 5) is 24.7. The maximum absolute atomic E-state index is 12.6.